The Labute approximate surface area is 121 Å². The van der Waals surface area contributed by atoms with E-state index < -0.39 is 11.2 Å². The Morgan fingerprint density at radius 3 is 2.67 bits per heavy atom. The Kier molecular flexibility index (Phi) is 3.89. The van der Waals surface area contributed by atoms with Crippen LogP contribution >= 0.6 is 0 Å². The van der Waals surface area contributed by atoms with Crippen molar-refractivity contribution in [3.05, 3.63) is 26.7 Å². The number of H-pyrrole nitrogens is 2. The number of fused-ring (bicyclic) bond motifs is 1. The van der Waals surface area contributed by atoms with Gasteiger partial charge in [-0.05, 0) is 6.92 Å². The number of imidazole rings is 1. The molecule has 0 atom stereocenters. The topological polar surface area (TPSA) is 98.8 Å². The third kappa shape index (κ3) is 2.77. The van der Waals surface area contributed by atoms with Crippen molar-refractivity contribution < 1.29 is 0 Å². The van der Waals surface area contributed by atoms with Crippen LogP contribution in [0.5, 0.6) is 0 Å². The molecule has 114 valence electrons. The maximum atomic E-state index is 11.8. The van der Waals surface area contributed by atoms with E-state index in [2.05, 4.69) is 25.2 Å². The molecule has 0 aliphatic carbocycles. The Hall–Kier alpha value is -1.93. The zero-order valence-electron chi connectivity index (χ0n) is 12.1. The van der Waals surface area contributed by atoms with Gasteiger partial charge >= 0.3 is 5.69 Å². The van der Waals surface area contributed by atoms with Crippen LogP contribution in [0.1, 0.15) is 12.7 Å². The van der Waals surface area contributed by atoms with Crippen LogP contribution in [0.15, 0.2) is 9.59 Å². The lowest BCUT2D eigenvalue weighted by atomic mass is 10.3. The summed E-state index contributed by atoms with van der Waals surface area (Å²) in [6.45, 7) is 7.31. The van der Waals surface area contributed by atoms with Gasteiger partial charge in [-0.1, -0.05) is 0 Å². The van der Waals surface area contributed by atoms with E-state index in [1.165, 1.54) is 4.57 Å². The molecule has 1 saturated heterocycles. The van der Waals surface area contributed by atoms with Crippen molar-refractivity contribution >= 4 is 11.2 Å². The Bertz CT molecular complexity index is 737. The van der Waals surface area contributed by atoms with Gasteiger partial charge in [0.05, 0.1) is 0 Å². The summed E-state index contributed by atoms with van der Waals surface area (Å²) in [6.07, 6.45) is 0.742. The summed E-state index contributed by atoms with van der Waals surface area (Å²) in [5, 5.41) is 3.31. The number of nitrogens with one attached hydrogen (secondary N) is 3. The summed E-state index contributed by atoms with van der Waals surface area (Å²) in [5.41, 5.74) is 0.0177. The van der Waals surface area contributed by atoms with Crippen molar-refractivity contribution in [1.82, 2.24) is 29.7 Å². The summed E-state index contributed by atoms with van der Waals surface area (Å²) in [6, 6.07) is 0. The van der Waals surface area contributed by atoms with Gasteiger partial charge in [0, 0.05) is 45.7 Å². The van der Waals surface area contributed by atoms with Crippen LogP contribution in [0.4, 0.5) is 0 Å². The molecule has 21 heavy (non-hydrogen) atoms. The highest BCUT2D eigenvalue weighted by molar-refractivity contribution is 5.69. The lowest BCUT2D eigenvalue weighted by molar-refractivity contribution is 0.242. The van der Waals surface area contributed by atoms with Crippen molar-refractivity contribution in [1.29, 1.82) is 0 Å². The predicted octanol–water partition coefficient (Wildman–Crippen LogP) is -1.12. The van der Waals surface area contributed by atoms with E-state index in [1.807, 2.05) is 6.92 Å². The van der Waals surface area contributed by atoms with Crippen molar-refractivity contribution in [2.45, 2.75) is 19.9 Å². The van der Waals surface area contributed by atoms with Crippen molar-refractivity contribution in [3.8, 4) is 0 Å². The van der Waals surface area contributed by atoms with Crippen LogP contribution in [0.3, 0.4) is 0 Å². The number of nitrogens with zero attached hydrogens (tertiary/aromatic N) is 3. The van der Waals surface area contributed by atoms with Crippen LogP contribution in [0.25, 0.3) is 11.2 Å². The number of hydrogen-bond donors (Lipinski definition) is 3. The predicted molar refractivity (Wildman–Crippen MR) is 79.7 cm³/mol. The third-order valence-corrected chi connectivity index (χ3v) is 3.87. The molecule has 0 spiro atoms. The van der Waals surface area contributed by atoms with Gasteiger partial charge in [-0.2, -0.15) is 0 Å². The number of hydrogen-bond acceptors (Lipinski definition) is 5. The van der Waals surface area contributed by atoms with E-state index in [0.29, 0.717) is 17.7 Å². The second-order valence-electron chi connectivity index (χ2n) is 5.23. The Balaban J connectivity index is 1.85. The molecule has 0 amide bonds. The number of piperazine rings is 1. The van der Waals surface area contributed by atoms with E-state index in [9.17, 15) is 9.59 Å². The molecule has 0 radical (unpaired) electrons. The monoisotopic (exact) mass is 292 g/mol. The standard InChI is InChI=1S/C13H20N6O2/c1-2-19-11-10(12(20)17-13(19)21)15-9(16-11)3-6-18-7-4-14-5-8-18/h14H,2-8H2,1H3,(H,15,16)(H,17,20,21). The van der Waals surface area contributed by atoms with E-state index in [-0.39, 0.29) is 0 Å². The van der Waals surface area contributed by atoms with Gasteiger partial charge in [-0.15, -0.1) is 0 Å². The molecule has 0 bridgehead atoms. The molecule has 2 aromatic heterocycles. The fourth-order valence-corrected chi connectivity index (χ4v) is 2.70. The molecule has 3 heterocycles. The van der Waals surface area contributed by atoms with E-state index in [4.69, 9.17) is 0 Å². The molecule has 2 aromatic rings. The van der Waals surface area contributed by atoms with Crippen LogP contribution < -0.4 is 16.6 Å². The minimum atomic E-state index is -0.407. The largest absolute Gasteiger partial charge is 0.336 e. The van der Waals surface area contributed by atoms with Crippen molar-refractivity contribution in [3.63, 3.8) is 0 Å². The maximum absolute atomic E-state index is 11.8. The SMILES string of the molecule is CCn1c(=O)[nH]c(=O)c2[nH]c(CCN3CCNCC3)nc21. The molecule has 3 rings (SSSR count). The smallest absolute Gasteiger partial charge is 0.330 e. The van der Waals surface area contributed by atoms with Gasteiger partial charge in [-0.25, -0.2) is 9.78 Å². The molecule has 1 aliphatic heterocycles. The van der Waals surface area contributed by atoms with Crippen LogP contribution in [-0.2, 0) is 13.0 Å². The summed E-state index contributed by atoms with van der Waals surface area (Å²) in [7, 11) is 0. The van der Waals surface area contributed by atoms with E-state index in [0.717, 1.165) is 45.0 Å². The highest BCUT2D eigenvalue weighted by atomic mass is 16.2. The molecule has 8 heteroatoms. The zero-order chi connectivity index (χ0) is 14.8. The average Bonchev–Trinajstić information content (AvgIpc) is 2.91. The van der Waals surface area contributed by atoms with Crippen molar-refractivity contribution in [2.75, 3.05) is 32.7 Å². The van der Waals surface area contributed by atoms with E-state index in [1.54, 1.807) is 0 Å². The summed E-state index contributed by atoms with van der Waals surface area (Å²) in [4.78, 5) is 35.7. The number of aromatic nitrogens is 4. The average molecular weight is 292 g/mol. The second kappa shape index (κ2) is 5.82. The Morgan fingerprint density at radius 2 is 1.95 bits per heavy atom. The lowest BCUT2D eigenvalue weighted by Gasteiger charge is -2.26. The number of aromatic amines is 2. The quantitative estimate of drug-likeness (QED) is 0.663. The number of rotatable bonds is 4. The number of aryl methyl sites for hydroxylation is 1. The molecule has 0 unspecified atom stereocenters. The van der Waals surface area contributed by atoms with Crippen molar-refractivity contribution in [2.24, 2.45) is 0 Å². The van der Waals surface area contributed by atoms with Gasteiger partial charge in [-0.3, -0.25) is 14.3 Å². The molecule has 1 aliphatic rings. The first-order chi connectivity index (χ1) is 10.2. The first-order valence-corrected chi connectivity index (χ1v) is 7.34. The molecule has 1 fully saturated rings. The normalized spacial score (nSPS) is 16.6. The first kappa shape index (κ1) is 14.0. The molecule has 0 aromatic carbocycles. The molecular weight excluding hydrogens is 272 g/mol. The lowest BCUT2D eigenvalue weighted by Crippen LogP contribution is -2.44. The highest BCUT2D eigenvalue weighted by Gasteiger charge is 2.14. The summed E-state index contributed by atoms with van der Waals surface area (Å²) >= 11 is 0. The van der Waals surface area contributed by atoms with Crippen LogP contribution in [0, 0.1) is 0 Å². The van der Waals surface area contributed by atoms with Gasteiger partial charge in [0.2, 0.25) is 0 Å². The summed E-state index contributed by atoms with van der Waals surface area (Å²) in [5.74, 6) is 0.752. The molecule has 0 saturated carbocycles. The molecule has 3 N–H and O–H groups in total. The third-order valence-electron chi connectivity index (χ3n) is 3.87. The fraction of sp³-hybridized carbons (Fsp3) is 0.615. The fourth-order valence-electron chi connectivity index (χ4n) is 2.70. The summed E-state index contributed by atoms with van der Waals surface area (Å²) < 4.78 is 1.47. The second-order valence-corrected chi connectivity index (χ2v) is 5.23. The highest BCUT2D eigenvalue weighted by Crippen LogP contribution is 2.06. The zero-order valence-corrected chi connectivity index (χ0v) is 12.1. The van der Waals surface area contributed by atoms with Gasteiger partial charge in [0.15, 0.2) is 5.65 Å². The first-order valence-electron chi connectivity index (χ1n) is 7.34. The molecule has 8 nitrogen and oxygen atoms in total. The van der Waals surface area contributed by atoms with Gasteiger partial charge in [0.1, 0.15) is 11.3 Å². The Morgan fingerprint density at radius 1 is 1.19 bits per heavy atom. The maximum Gasteiger partial charge on any atom is 0.330 e. The minimum Gasteiger partial charge on any atom is -0.336 e. The molecular formula is C13H20N6O2. The van der Waals surface area contributed by atoms with Gasteiger partial charge in [0.25, 0.3) is 5.56 Å². The van der Waals surface area contributed by atoms with Gasteiger partial charge < -0.3 is 15.2 Å². The van der Waals surface area contributed by atoms with E-state index >= 15 is 0 Å². The van der Waals surface area contributed by atoms with Crippen LogP contribution in [-0.4, -0.2) is 57.1 Å². The minimum absolute atomic E-state index is 0.381. The van der Waals surface area contributed by atoms with Crippen LogP contribution in [0.2, 0.25) is 0 Å².